The van der Waals surface area contributed by atoms with Gasteiger partial charge in [0, 0.05) is 13.0 Å². The van der Waals surface area contributed by atoms with Crippen LogP contribution in [0.5, 0.6) is 0 Å². The number of hydrogen-bond donors (Lipinski definition) is 1. The molecule has 84 valence electrons. The summed E-state index contributed by atoms with van der Waals surface area (Å²) in [5.41, 5.74) is -0.453. The zero-order valence-electron chi connectivity index (χ0n) is 9.68. The standard InChI is InChI=1S/C12H20N2O/c1-12(2,8-13)9-14-11(15)7-10-5-3-4-6-10/h10H,3-7,9H2,1-2H3,(H,14,15). The Morgan fingerprint density at radius 3 is 2.60 bits per heavy atom. The van der Waals surface area contributed by atoms with E-state index in [0.717, 1.165) is 0 Å². The maximum absolute atomic E-state index is 11.5. The zero-order chi connectivity index (χ0) is 11.3. The first kappa shape index (κ1) is 12.0. The summed E-state index contributed by atoms with van der Waals surface area (Å²) in [5.74, 6) is 0.681. The number of nitrogens with zero attached hydrogens (tertiary/aromatic N) is 1. The molecule has 0 aromatic heterocycles. The third kappa shape index (κ3) is 4.33. The highest BCUT2D eigenvalue weighted by atomic mass is 16.1. The van der Waals surface area contributed by atoms with E-state index in [1.807, 2.05) is 13.8 Å². The van der Waals surface area contributed by atoms with Gasteiger partial charge in [0.15, 0.2) is 0 Å². The minimum absolute atomic E-state index is 0.102. The van der Waals surface area contributed by atoms with Crippen molar-refractivity contribution in [2.45, 2.75) is 46.0 Å². The van der Waals surface area contributed by atoms with Crippen LogP contribution in [-0.2, 0) is 4.79 Å². The van der Waals surface area contributed by atoms with Crippen LogP contribution >= 0.6 is 0 Å². The Labute approximate surface area is 91.9 Å². The first-order valence-corrected chi connectivity index (χ1v) is 5.71. The Hall–Kier alpha value is -1.04. The van der Waals surface area contributed by atoms with Gasteiger partial charge in [0.25, 0.3) is 0 Å². The number of amides is 1. The molecule has 0 bridgehead atoms. The van der Waals surface area contributed by atoms with Gasteiger partial charge in [0.1, 0.15) is 0 Å². The van der Waals surface area contributed by atoms with Crippen LogP contribution in [0, 0.1) is 22.7 Å². The minimum Gasteiger partial charge on any atom is -0.355 e. The molecule has 1 rings (SSSR count). The minimum atomic E-state index is -0.453. The summed E-state index contributed by atoms with van der Waals surface area (Å²) < 4.78 is 0. The van der Waals surface area contributed by atoms with Gasteiger partial charge < -0.3 is 5.32 Å². The summed E-state index contributed by atoms with van der Waals surface area (Å²) in [6.07, 6.45) is 5.55. The average Bonchev–Trinajstić information content (AvgIpc) is 2.68. The lowest BCUT2D eigenvalue weighted by molar-refractivity contribution is -0.122. The maximum Gasteiger partial charge on any atom is 0.220 e. The Bertz CT molecular complexity index is 259. The highest BCUT2D eigenvalue weighted by molar-refractivity contribution is 5.76. The molecule has 1 saturated carbocycles. The molecule has 0 heterocycles. The van der Waals surface area contributed by atoms with Crippen LogP contribution in [0.15, 0.2) is 0 Å². The quantitative estimate of drug-likeness (QED) is 0.770. The molecule has 3 heteroatoms. The summed E-state index contributed by atoms with van der Waals surface area (Å²) in [7, 11) is 0. The molecule has 0 unspecified atom stereocenters. The van der Waals surface area contributed by atoms with E-state index in [4.69, 9.17) is 5.26 Å². The first-order chi connectivity index (χ1) is 7.03. The number of rotatable bonds is 4. The molecule has 0 atom stereocenters. The van der Waals surface area contributed by atoms with Crippen LogP contribution in [0.3, 0.4) is 0 Å². The van der Waals surface area contributed by atoms with E-state index in [0.29, 0.717) is 18.9 Å². The Morgan fingerprint density at radius 1 is 1.47 bits per heavy atom. The van der Waals surface area contributed by atoms with E-state index in [1.54, 1.807) is 0 Å². The molecule has 0 saturated heterocycles. The molecule has 0 aromatic rings. The number of nitrogens with one attached hydrogen (secondary N) is 1. The molecule has 1 aliphatic rings. The van der Waals surface area contributed by atoms with Gasteiger partial charge in [-0.15, -0.1) is 0 Å². The van der Waals surface area contributed by atoms with Crippen LogP contribution in [0.25, 0.3) is 0 Å². The fourth-order valence-electron chi connectivity index (χ4n) is 1.91. The van der Waals surface area contributed by atoms with Crippen molar-refractivity contribution in [3.05, 3.63) is 0 Å². The second-order valence-electron chi connectivity index (χ2n) is 5.13. The van der Waals surface area contributed by atoms with Gasteiger partial charge in [-0.3, -0.25) is 4.79 Å². The smallest absolute Gasteiger partial charge is 0.220 e. The van der Waals surface area contributed by atoms with Crippen molar-refractivity contribution in [1.29, 1.82) is 5.26 Å². The summed E-state index contributed by atoms with van der Waals surface area (Å²) in [4.78, 5) is 11.5. The fraction of sp³-hybridized carbons (Fsp3) is 0.833. The van der Waals surface area contributed by atoms with Crippen molar-refractivity contribution in [1.82, 2.24) is 5.32 Å². The van der Waals surface area contributed by atoms with E-state index in [-0.39, 0.29) is 5.91 Å². The van der Waals surface area contributed by atoms with Crippen molar-refractivity contribution >= 4 is 5.91 Å². The lowest BCUT2D eigenvalue weighted by Gasteiger charge is -2.16. The number of hydrogen-bond acceptors (Lipinski definition) is 2. The van der Waals surface area contributed by atoms with Gasteiger partial charge in [-0.25, -0.2) is 0 Å². The van der Waals surface area contributed by atoms with Gasteiger partial charge >= 0.3 is 0 Å². The molecule has 3 nitrogen and oxygen atoms in total. The van der Waals surface area contributed by atoms with E-state index in [9.17, 15) is 4.79 Å². The molecular weight excluding hydrogens is 188 g/mol. The highest BCUT2D eigenvalue weighted by Crippen LogP contribution is 2.27. The SMILES string of the molecule is CC(C)(C#N)CNC(=O)CC1CCCC1. The van der Waals surface area contributed by atoms with Crippen molar-refractivity contribution < 1.29 is 4.79 Å². The molecular formula is C12H20N2O. The summed E-state index contributed by atoms with van der Waals surface area (Å²) in [6, 6.07) is 2.18. The number of carbonyl (C=O) groups excluding carboxylic acids is 1. The predicted octanol–water partition coefficient (Wildman–Crippen LogP) is 2.23. The van der Waals surface area contributed by atoms with Gasteiger partial charge in [-0.05, 0) is 32.6 Å². The normalized spacial score (nSPS) is 17.4. The predicted molar refractivity (Wildman–Crippen MR) is 59.0 cm³/mol. The first-order valence-electron chi connectivity index (χ1n) is 5.71. The lowest BCUT2D eigenvalue weighted by atomic mass is 9.95. The maximum atomic E-state index is 11.5. The van der Waals surface area contributed by atoms with Crippen molar-refractivity contribution in [2.75, 3.05) is 6.54 Å². The number of nitriles is 1. The molecule has 1 aliphatic carbocycles. The molecule has 15 heavy (non-hydrogen) atoms. The molecule has 1 N–H and O–H groups in total. The van der Waals surface area contributed by atoms with Crippen LogP contribution in [0.4, 0.5) is 0 Å². The lowest BCUT2D eigenvalue weighted by Crippen LogP contribution is -2.33. The molecule has 1 amide bonds. The second-order valence-corrected chi connectivity index (χ2v) is 5.13. The Morgan fingerprint density at radius 2 is 2.07 bits per heavy atom. The summed E-state index contributed by atoms with van der Waals surface area (Å²) >= 11 is 0. The monoisotopic (exact) mass is 208 g/mol. The van der Waals surface area contributed by atoms with Gasteiger partial charge in [0.05, 0.1) is 11.5 Å². The summed E-state index contributed by atoms with van der Waals surface area (Å²) in [5, 5.41) is 11.6. The molecule has 1 fully saturated rings. The zero-order valence-corrected chi connectivity index (χ0v) is 9.68. The van der Waals surface area contributed by atoms with Crippen molar-refractivity contribution in [3.8, 4) is 6.07 Å². The van der Waals surface area contributed by atoms with Crippen LogP contribution in [-0.4, -0.2) is 12.5 Å². The second kappa shape index (κ2) is 5.16. The molecule has 0 aliphatic heterocycles. The number of carbonyl (C=O) groups is 1. The van der Waals surface area contributed by atoms with Crippen molar-refractivity contribution in [3.63, 3.8) is 0 Å². The van der Waals surface area contributed by atoms with Gasteiger partial charge in [-0.1, -0.05) is 12.8 Å². The molecule has 0 spiro atoms. The van der Waals surface area contributed by atoms with Crippen LogP contribution in [0.2, 0.25) is 0 Å². The molecule has 0 radical (unpaired) electrons. The Balaban J connectivity index is 2.22. The fourth-order valence-corrected chi connectivity index (χ4v) is 1.91. The average molecular weight is 208 g/mol. The van der Waals surface area contributed by atoms with E-state index >= 15 is 0 Å². The van der Waals surface area contributed by atoms with Crippen LogP contribution < -0.4 is 5.32 Å². The molecule has 0 aromatic carbocycles. The van der Waals surface area contributed by atoms with Crippen molar-refractivity contribution in [2.24, 2.45) is 11.3 Å². The largest absolute Gasteiger partial charge is 0.355 e. The van der Waals surface area contributed by atoms with E-state index < -0.39 is 5.41 Å². The third-order valence-corrected chi connectivity index (χ3v) is 2.98. The highest BCUT2D eigenvalue weighted by Gasteiger charge is 2.21. The summed E-state index contributed by atoms with van der Waals surface area (Å²) in [6.45, 7) is 4.13. The van der Waals surface area contributed by atoms with Gasteiger partial charge in [0.2, 0.25) is 5.91 Å². The van der Waals surface area contributed by atoms with Gasteiger partial charge in [-0.2, -0.15) is 5.26 Å². The van der Waals surface area contributed by atoms with E-state index in [2.05, 4.69) is 11.4 Å². The topological polar surface area (TPSA) is 52.9 Å². The Kier molecular flexibility index (Phi) is 4.14. The van der Waals surface area contributed by atoms with E-state index in [1.165, 1.54) is 25.7 Å². The van der Waals surface area contributed by atoms with Crippen LogP contribution in [0.1, 0.15) is 46.0 Å². The third-order valence-electron chi connectivity index (χ3n) is 2.98.